The number of nitrogens with zero attached hydrogens (tertiary/aromatic N) is 3. The first kappa shape index (κ1) is 13.6. The van der Waals surface area contributed by atoms with Crippen LogP contribution in [-0.2, 0) is 9.84 Å². The van der Waals surface area contributed by atoms with Crippen molar-refractivity contribution >= 4 is 21.5 Å². The third-order valence-corrected chi connectivity index (χ3v) is 5.69. The third kappa shape index (κ3) is 2.72. The minimum Gasteiger partial charge on any atom is -0.373 e. The maximum absolute atomic E-state index is 11.7. The summed E-state index contributed by atoms with van der Waals surface area (Å²) >= 11 is 0. The summed E-state index contributed by atoms with van der Waals surface area (Å²) in [6, 6.07) is 1.86. The molecule has 1 saturated heterocycles. The molecule has 6 nitrogen and oxygen atoms in total. The molecule has 0 bridgehead atoms. The van der Waals surface area contributed by atoms with Crippen LogP contribution in [0.15, 0.2) is 6.07 Å². The molecule has 2 fully saturated rings. The zero-order chi connectivity index (χ0) is 14.3. The first-order chi connectivity index (χ1) is 9.48. The monoisotopic (exact) mass is 296 g/mol. The fourth-order valence-corrected chi connectivity index (χ4v) is 4.15. The normalized spacial score (nSPS) is 25.5. The van der Waals surface area contributed by atoms with Crippen molar-refractivity contribution in [2.75, 3.05) is 35.3 Å². The molecule has 1 atom stereocenters. The fraction of sp³-hybridized carbons (Fsp3) is 0.692. The molecular formula is C13H20N4O2S. The Morgan fingerprint density at radius 1 is 1.35 bits per heavy atom. The number of anilines is 2. The van der Waals surface area contributed by atoms with Crippen molar-refractivity contribution in [1.29, 1.82) is 0 Å². The molecule has 1 unspecified atom stereocenters. The highest BCUT2D eigenvalue weighted by Gasteiger charge is 2.31. The van der Waals surface area contributed by atoms with Gasteiger partial charge in [-0.15, -0.1) is 0 Å². The average Bonchev–Trinajstić information content (AvgIpc) is 3.21. The maximum Gasteiger partial charge on any atom is 0.154 e. The molecule has 110 valence electrons. The van der Waals surface area contributed by atoms with Crippen LogP contribution in [0.25, 0.3) is 0 Å². The Bertz CT molecular complexity index is 613. The van der Waals surface area contributed by atoms with Crippen LogP contribution in [0.5, 0.6) is 0 Å². The highest BCUT2D eigenvalue weighted by Crippen LogP contribution is 2.39. The predicted molar refractivity (Wildman–Crippen MR) is 79.0 cm³/mol. The van der Waals surface area contributed by atoms with Gasteiger partial charge in [-0.1, -0.05) is 0 Å². The van der Waals surface area contributed by atoms with Crippen molar-refractivity contribution in [2.24, 2.45) is 0 Å². The van der Waals surface area contributed by atoms with Crippen LogP contribution in [0.4, 0.5) is 11.6 Å². The highest BCUT2D eigenvalue weighted by molar-refractivity contribution is 7.91. The molecule has 2 aliphatic rings. The van der Waals surface area contributed by atoms with Crippen molar-refractivity contribution in [3.8, 4) is 0 Å². The minimum absolute atomic E-state index is 0.0413. The van der Waals surface area contributed by atoms with Crippen LogP contribution in [0.2, 0.25) is 0 Å². The Balaban J connectivity index is 1.91. The average molecular weight is 296 g/mol. The Labute approximate surface area is 119 Å². The van der Waals surface area contributed by atoms with Crippen LogP contribution in [0.1, 0.15) is 31.5 Å². The molecule has 1 N–H and O–H groups in total. The minimum atomic E-state index is -2.90. The lowest BCUT2D eigenvalue weighted by Gasteiger charge is -2.34. The maximum atomic E-state index is 11.7. The molecule has 1 aromatic rings. The molecule has 0 radical (unpaired) electrons. The quantitative estimate of drug-likeness (QED) is 0.897. The van der Waals surface area contributed by atoms with Crippen LogP contribution >= 0.6 is 0 Å². The Hall–Kier alpha value is -1.37. The van der Waals surface area contributed by atoms with Gasteiger partial charge in [0.1, 0.15) is 17.5 Å². The van der Waals surface area contributed by atoms with Gasteiger partial charge in [0.25, 0.3) is 0 Å². The molecule has 3 rings (SSSR count). The summed E-state index contributed by atoms with van der Waals surface area (Å²) in [4.78, 5) is 11.2. The van der Waals surface area contributed by atoms with Crippen molar-refractivity contribution in [1.82, 2.24) is 9.97 Å². The molecular weight excluding hydrogens is 276 g/mol. The molecule has 1 aromatic heterocycles. The number of nitrogens with one attached hydrogen (secondary N) is 1. The van der Waals surface area contributed by atoms with Gasteiger partial charge in [-0.3, -0.25) is 0 Å². The Morgan fingerprint density at radius 3 is 2.70 bits per heavy atom. The van der Waals surface area contributed by atoms with E-state index in [1.807, 2.05) is 20.0 Å². The van der Waals surface area contributed by atoms with E-state index >= 15 is 0 Å². The van der Waals surface area contributed by atoms with Gasteiger partial charge in [0.05, 0.1) is 11.5 Å². The number of rotatable bonds is 3. The SMILES string of the molecule is CNc1cc(N2CCS(=O)(=O)CC2C)nc(C2CC2)n1. The van der Waals surface area contributed by atoms with Crippen LogP contribution in [-0.4, -0.2) is 49.5 Å². The molecule has 0 aromatic carbocycles. The van der Waals surface area contributed by atoms with E-state index < -0.39 is 9.84 Å². The molecule has 2 heterocycles. The Morgan fingerprint density at radius 2 is 2.10 bits per heavy atom. The van der Waals surface area contributed by atoms with Gasteiger partial charge in [0, 0.05) is 31.6 Å². The molecule has 1 aliphatic carbocycles. The molecule has 1 aliphatic heterocycles. The second kappa shape index (κ2) is 4.87. The summed E-state index contributed by atoms with van der Waals surface area (Å²) in [6.07, 6.45) is 2.30. The Kier molecular flexibility index (Phi) is 3.32. The van der Waals surface area contributed by atoms with Gasteiger partial charge >= 0.3 is 0 Å². The second-order valence-electron chi connectivity index (χ2n) is 5.65. The van der Waals surface area contributed by atoms with E-state index in [0.717, 1.165) is 30.3 Å². The largest absolute Gasteiger partial charge is 0.373 e. The summed E-state index contributed by atoms with van der Waals surface area (Å²) in [7, 11) is -1.06. The van der Waals surface area contributed by atoms with E-state index in [4.69, 9.17) is 0 Å². The predicted octanol–water partition coefficient (Wildman–Crippen LogP) is 1.02. The lowest BCUT2D eigenvalue weighted by molar-refractivity contribution is 0.566. The van der Waals surface area contributed by atoms with Gasteiger partial charge in [-0.25, -0.2) is 18.4 Å². The summed E-state index contributed by atoms with van der Waals surface area (Å²) in [5, 5.41) is 3.06. The van der Waals surface area contributed by atoms with Crippen molar-refractivity contribution in [3.05, 3.63) is 11.9 Å². The number of hydrogen-bond acceptors (Lipinski definition) is 6. The van der Waals surface area contributed by atoms with Crippen LogP contribution in [0.3, 0.4) is 0 Å². The lowest BCUT2D eigenvalue weighted by Crippen LogP contribution is -2.47. The summed E-state index contributed by atoms with van der Waals surface area (Å²) in [5.74, 6) is 3.41. The zero-order valence-electron chi connectivity index (χ0n) is 11.8. The topological polar surface area (TPSA) is 75.2 Å². The van der Waals surface area contributed by atoms with Gasteiger partial charge in [0.2, 0.25) is 0 Å². The smallest absolute Gasteiger partial charge is 0.154 e. The summed E-state index contributed by atoms with van der Waals surface area (Å²) in [5.41, 5.74) is 0. The van der Waals surface area contributed by atoms with Crippen LogP contribution < -0.4 is 10.2 Å². The molecule has 0 amide bonds. The van der Waals surface area contributed by atoms with Gasteiger partial charge in [-0.2, -0.15) is 0 Å². The van der Waals surface area contributed by atoms with E-state index in [0.29, 0.717) is 12.5 Å². The molecule has 1 saturated carbocycles. The number of sulfone groups is 1. The first-order valence-corrected chi connectivity index (χ1v) is 8.84. The van der Waals surface area contributed by atoms with Crippen LogP contribution in [0, 0.1) is 0 Å². The van der Waals surface area contributed by atoms with Crippen molar-refractivity contribution in [2.45, 2.75) is 31.7 Å². The van der Waals surface area contributed by atoms with E-state index in [2.05, 4.69) is 20.2 Å². The highest BCUT2D eigenvalue weighted by atomic mass is 32.2. The van der Waals surface area contributed by atoms with E-state index in [-0.39, 0.29) is 17.5 Å². The zero-order valence-corrected chi connectivity index (χ0v) is 12.7. The first-order valence-electron chi connectivity index (χ1n) is 7.02. The second-order valence-corrected chi connectivity index (χ2v) is 7.88. The van der Waals surface area contributed by atoms with Crippen molar-refractivity contribution in [3.63, 3.8) is 0 Å². The fourth-order valence-electron chi connectivity index (χ4n) is 2.59. The van der Waals surface area contributed by atoms with Gasteiger partial charge < -0.3 is 10.2 Å². The molecule has 7 heteroatoms. The number of aromatic nitrogens is 2. The number of hydrogen-bond donors (Lipinski definition) is 1. The molecule has 0 spiro atoms. The van der Waals surface area contributed by atoms with E-state index in [9.17, 15) is 8.42 Å². The van der Waals surface area contributed by atoms with Gasteiger partial charge in [0.15, 0.2) is 9.84 Å². The van der Waals surface area contributed by atoms with Gasteiger partial charge in [-0.05, 0) is 19.8 Å². The standard InChI is InChI=1S/C13H20N4O2S/c1-9-8-20(18,19)6-5-17(9)12-7-11(14-2)15-13(16-12)10-3-4-10/h7,9-10H,3-6,8H2,1-2H3,(H,14,15,16). The lowest BCUT2D eigenvalue weighted by atomic mass is 10.3. The summed E-state index contributed by atoms with van der Waals surface area (Å²) < 4.78 is 23.3. The van der Waals surface area contributed by atoms with Crippen molar-refractivity contribution < 1.29 is 8.42 Å². The summed E-state index contributed by atoms with van der Waals surface area (Å²) in [6.45, 7) is 2.45. The third-order valence-electron chi connectivity index (χ3n) is 3.89. The van der Waals surface area contributed by atoms with E-state index in [1.54, 1.807) is 0 Å². The molecule has 20 heavy (non-hydrogen) atoms. The van der Waals surface area contributed by atoms with E-state index in [1.165, 1.54) is 0 Å².